The normalized spacial score (nSPS) is 14.7. The average molecular weight is 449 g/mol. The van der Waals surface area contributed by atoms with Gasteiger partial charge in [-0.3, -0.25) is 10.1 Å². The summed E-state index contributed by atoms with van der Waals surface area (Å²) in [7, 11) is -3.31. The highest BCUT2D eigenvalue weighted by Crippen LogP contribution is 2.31. The summed E-state index contributed by atoms with van der Waals surface area (Å²) in [6.07, 6.45) is 0.544. The fourth-order valence-electron chi connectivity index (χ4n) is 2.99. The van der Waals surface area contributed by atoms with Crippen LogP contribution in [0, 0.1) is 0 Å². The topological polar surface area (TPSA) is 92.3 Å². The van der Waals surface area contributed by atoms with Crippen LogP contribution in [0.15, 0.2) is 35.7 Å². The first-order chi connectivity index (χ1) is 13.8. The van der Waals surface area contributed by atoms with Crippen molar-refractivity contribution in [2.45, 2.75) is 32.1 Å². The number of fused-ring (bicyclic) bond motifs is 1. The SMILES string of the molecule is CC(C)S(=O)(=O)N1CCc2nc(NC(=O)c3csc(-c4ccccc4)n3)sc2C1. The minimum atomic E-state index is -3.31. The third kappa shape index (κ3) is 4.11. The number of benzene rings is 1. The first-order valence-corrected chi connectivity index (χ1v) is 12.3. The Morgan fingerprint density at radius 1 is 1.21 bits per heavy atom. The van der Waals surface area contributed by atoms with Gasteiger partial charge in [-0.25, -0.2) is 18.4 Å². The molecule has 0 aliphatic carbocycles. The van der Waals surface area contributed by atoms with Crippen molar-refractivity contribution >= 4 is 43.7 Å². The summed E-state index contributed by atoms with van der Waals surface area (Å²) < 4.78 is 26.3. The van der Waals surface area contributed by atoms with Crippen LogP contribution in [0.4, 0.5) is 5.13 Å². The van der Waals surface area contributed by atoms with Gasteiger partial charge in [0.25, 0.3) is 5.91 Å². The van der Waals surface area contributed by atoms with Crippen molar-refractivity contribution in [1.82, 2.24) is 14.3 Å². The van der Waals surface area contributed by atoms with Crippen LogP contribution in [-0.4, -0.2) is 40.4 Å². The molecule has 2 aromatic heterocycles. The zero-order chi connectivity index (χ0) is 20.6. The summed E-state index contributed by atoms with van der Waals surface area (Å²) in [5, 5.41) is 5.32. The van der Waals surface area contributed by atoms with Gasteiger partial charge in [-0.1, -0.05) is 30.3 Å². The zero-order valence-electron chi connectivity index (χ0n) is 16.0. The van der Waals surface area contributed by atoms with E-state index in [1.807, 2.05) is 30.3 Å². The number of hydrogen-bond acceptors (Lipinski definition) is 7. The van der Waals surface area contributed by atoms with Gasteiger partial charge in [0.05, 0.1) is 10.9 Å². The minimum absolute atomic E-state index is 0.304. The Hall–Kier alpha value is -2.14. The maximum absolute atomic E-state index is 12.6. The Bertz CT molecular complexity index is 1140. The number of aromatic nitrogens is 2. The highest BCUT2D eigenvalue weighted by atomic mass is 32.2. The highest BCUT2D eigenvalue weighted by Gasteiger charge is 2.31. The molecule has 1 aliphatic rings. The summed E-state index contributed by atoms with van der Waals surface area (Å²) in [4.78, 5) is 22.4. The van der Waals surface area contributed by atoms with Crippen LogP contribution >= 0.6 is 22.7 Å². The van der Waals surface area contributed by atoms with Gasteiger partial charge in [-0.15, -0.1) is 22.7 Å². The molecule has 1 amide bonds. The molecular formula is C19H20N4O3S3. The minimum Gasteiger partial charge on any atom is -0.296 e. The molecule has 3 aromatic rings. The van der Waals surface area contributed by atoms with Crippen molar-refractivity contribution in [1.29, 1.82) is 0 Å². The van der Waals surface area contributed by atoms with Gasteiger partial charge >= 0.3 is 0 Å². The van der Waals surface area contributed by atoms with E-state index < -0.39 is 15.3 Å². The van der Waals surface area contributed by atoms with Gasteiger partial charge in [-0.2, -0.15) is 4.31 Å². The van der Waals surface area contributed by atoms with E-state index in [-0.39, 0.29) is 5.91 Å². The third-order valence-corrected chi connectivity index (χ3v) is 8.74. The molecule has 0 saturated heterocycles. The monoisotopic (exact) mass is 448 g/mol. The van der Waals surface area contributed by atoms with Crippen molar-refractivity contribution in [2.75, 3.05) is 11.9 Å². The molecule has 152 valence electrons. The number of amides is 1. The number of rotatable bonds is 5. The molecule has 0 unspecified atom stereocenters. The molecule has 0 atom stereocenters. The lowest BCUT2D eigenvalue weighted by atomic mass is 10.2. The number of hydrogen-bond donors (Lipinski definition) is 1. The predicted molar refractivity (Wildman–Crippen MR) is 116 cm³/mol. The highest BCUT2D eigenvalue weighted by molar-refractivity contribution is 7.89. The van der Waals surface area contributed by atoms with E-state index >= 15 is 0 Å². The van der Waals surface area contributed by atoms with E-state index in [0.29, 0.717) is 30.3 Å². The van der Waals surface area contributed by atoms with Gasteiger partial charge in [-0.05, 0) is 13.8 Å². The van der Waals surface area contributed by atoms with Crippen LogP contribution in [0.1, 0.15) is 34.9 Å². The van der Waals surface area contributed by atoms with Gasteiger partial charge in [0.1, 0.15) is 10.7 Å². The molecule has 1 N–H and O–H groups in total. The van der Waals surface area contributed by atoms with Crippen molar-refractivity contribution < 1.29 is 13.2 Å². The van der Waals surface area contributed by atoms with Gasteiger partial charge in [0.2, 0.25) is 10.0 Å². The number of thiazole rings is 2. The number of nitrogens with one attached hydrogen (secondary N) is 1. The largest absolute Gasteiger partial charge is 0.296 e. The van der Waals surface area contributed by atoms with E-state index in [1.54, 1.807) is 19.2 Å². The Morgan fingerprint density at radius 2 is 1.97 bits per heavy atom. The van der Waals surface area contributed by atoms with Crippen LogP contribution in [0.2, 0.25) is 0 Å². The standard InChI is InChI=1S/C19H20N4O3S3/c1-12(2)29(25,26)23-9-8-14-16(10-23)28-19(21-14)22-17(24)15-11-27-18(20-15)13-6-4-3-5-7-13/h3-7,11-12H,8-10H2,1-2H3,(H,21,22,24). The van der Waals surface area contributed by atoms with Crippen molar-refractivity contribution in [2.24, 2.45) is 0 Å². The Labute approximate surface area is 177 Å². The summed E-state index contributed by atoms with van der Waals surface area (Å²) in [6, 6.07) is 9.69. The summed E-state index contributed by atoms with van der Waals surface area (Å²) in [6.45, 7) is 4.08. The zero-order valence-corrected chi connectivity index (χ0v) is 18.4. The van der Waals surface area contributed by atoms with Crippen molar-refractivity contribution in [3.63, 3.8) is 0 Å². The Morgan fingerprint density at radius 3 is 2.69 bits per heavy atom. The second-order valence-electron chi connectivity index (χ2n) is 6.92. The van der Waals surface area contributed by atoms with E-state index in [4.69, 9.17) is 0 Å². The Balaban J connectivity index is 1.47. The third-order valence-electron chi connectivity index (χ3n) is 4.63. The summed E-state index contributed by atoms with van der Waals surface area (Å²) in [5.74, 6) is -0.318. The van der Waals surface area contributed by atoms with Gasteiger partial charge in [0, 0.05) is 35.3 Å². The molecule has 0 spiro atoms. The predicted octanol–water partition coefficient (Wildman–Crippen LogP) is 3.62. The number of anilines is 1. The second-order valence-corrected chi connectivity index (χ2v) is 11.4. The first-order valence-electron chi connectivity index (χ1n) is 9.14. The molecule has 10 heteroatoms. The lowest BCUT2D eigenvalue weighted by molar-refractivity contribution is 0.102. The van der Waals surface area contributed by atoms with Crippen LogP contribution in [-0.2, 0) is 23.0 Å². The number of carbonyl (C=O) groups is 1. The number of sulfonamides is 1. The maximum Gasteiger partial charge on any atom is 0.276 e. The summed E-state index contributed by atoms with van der Waals surface area (Å²) in [5.41, 5.74) is 2.16. The van der Waals surface area contributed by atoms with Gasteiger partial charge < -0.3 is 0 Å². The molecule has 4 rings (SSSR count). The average Bonchev–Trinajstić information content (AvgIpc) is 3.34. The Kier molecular flexibility index (Phi) is 5.52. The quantitative estimate of drug-likeness (QED) is 0.644. The molecule has 0 radical (unpaired) electrons. The molecule has 29 heavy (non-hydrogen) atoms. The molecule has 0 saturated carbocycles. The van der Waals surface area contributed by atoms with Crippen molar-refractivity contribution in [3.05, 3.63) is 52.0 Å². The van der Waals surface area contributed by atoms with Crippen LogP contribution in [0.5, 0.6) is 0 Å². The van der Waals surface area contributed by atoms with Crippen LogP contribution in [0.3, 0.4) is 0 Å². The van der Waals surface area contributed by atoms with E-state index in [9.17, 15) is 13.2 Å². The lowest BCUT2D eigenvalue weighted by Crippen LogP contribution is -2.39. The molecule has 0 fully saturated rings. The first kappa shape index (κ1) is 20.1. The van der Waals surface area contributed by atoms with Gasteiger partial charge in [0.15, 0.2) is 5.13 Å². The maximum atomic E-state index is 12.6. The summed E-state index contributed by atoms with van der Waals surface area (Å²) >= 11 is 2.73. The van der Waals surface area contributed by atoms with E-state index in [2.05, 4.69) is 15.3 Å². The smallest absolute Gasteiger partial charge is 0.276 e. The number of nitrogens with zero attached hydrogens (tertiary/aromatic N) is 3. The molecular weight excluding hydrogens is 428 g/mol. The van der Waals surface area contributed by atoms with E-state index in [1.165, 1.54) is 27.0 Å². The second kappa shape index (κ2) is 7.94. The molecule has 1 aliphatic heterocycles. The lowest BCUT2D eigenvalue weighted by Gasteiger charge is -2.26. The molecule has 3 heterocycles. The van der Waals surface area contributed by atoms with Crippen LogP contribution in [0.25, 0.3) is 10.6 Å². The fraction of sp³-hybridized carbons (Fsp3) is 0.316. The fourth-order valence-corrected chi connectivity index (χ4v) is 6.15. The molecule has 0 bridgehead atoms. The number of carbonyl (C=O) groups excluding carboxylic acids is 1. The van der Waals surface area contributed by atoms with E-state index in [0.717, 1.165) is 21.1 Å². The van der Waals surface area contributed by atoms with Crippen molar-refractivity contribution in [3.8, 4) is 10.6 Å². The molecule has 7 nitrogen and oxygen atoms in total. The molecule has 1 aromatic carbocycles. The van der Waals surface area contributed by atoms with Crippen LogP contribution < -0.4 is 5.32 Å².